The SMILES string of the molecule is CCCCCCCCCCCCCCCC(=O)OC[C@H](CC(F)P(=O)(O)O)OC. The molecule has 0 aromatic heterocycles. The molecule has 2 atom stereocenters. The van der Waals surface area contributed by atoms with Crippen molar-refractivity contribution in [3.8, 4) is 0 Å². The first-order valence-electron chi connectivity index (χ1n) is 11.2. The Kier molecular flexibility index (Phi) is 18.0. The van der Waals surface area contributed by atoms with Gasteiger partial charge in [0.1, 0.15) is 6.61 Å². The quantitative estimate of drug-likeness (QED) is 0.139. The standard InChI is InChI=1S/C21H42FO6P/c1-3-4-5-6-7-8-9-10-11-12-13-14-15-16-21(23)28-18-19(27-2)17-20(22)29(24,25)26/h19-20H,3-18H2,1-2H3,(H2,24,25,26)/t19-,20?/m0/s1. The number of carbonyl (C=O) groups is 1. The molecule has 0 amide bonds. The van der Waals surface area contributed by atoms with Gasteiger partial charge in [-0.2, -0.15) is 0 Å². The summed E-state index contributed by atoms with van der Waals surface area (Å²) < 4.78 is 34.2. The molecule has 0 aliphatic carbocycles. The van der Waals surface area contributed by atoms with Crippen molar-refractivity contribution in [2.45, 2.75) is 115 Å². The average molecular weight is 441 g/mol. The van der Waals surface area contributed by atoms with Gasteiger partial charge >= 0.3 is 13.6 Å². The first-order valence-corrected chi connectivity index (χ1v) is 12.9. The van der Waals surface area contributed by atoms with E-state index in [1.54, 1.807) is 0 Å². The molecule has 0 rings (SSSR count). The van der Waals surface area contributed by atoms with Crippen molar-refractivity contribution in [2.24, 2.45) is 0 Å². The molecule has 29 heavy (non-hydrogen) atoms. The smallest absolute Gasteiger partial charge is 0.359 e. The highest BCUT2D eigenvalue weighted by Crippen LogP contribution is 2.44. The molecule has 0 aliphatic heterocycles. The van der Waals surface area contributed by atoms with Crippen molar-refractivity contribution in [3.63, 3.8) is 0 Å². The zero-order valence-electron chi connectivity index (χ0n) is 18.3. The van der Waals surface area contributed by atoms with Crippen molar-refractivity contribution in [1.29, 1.82) is 0 Å². The number of methoxy groups -OCH3 is 1. The third kappa shape index (κ3) is 18.0. The molecule has 8 heteroatoms. The molecule has 6 nitrogen and oxygen atoms in total. The maximum Gasteiger partial charge on any atom is 0.359 e. The molecule has 0 aliphatic rings. The van der Waals surface area contributed by atoms with Gasteiger partial charge in [-0.25, -0.2) is 4.39 Å². The van der Waals surface area contributed by atoms with Gasteiger partial charge in [0.25, 0.3) is 0 Å². The Bertz CT molecular complexity index is 443. The summed E-state index contributed by atoms with van der Waals surface area (Å²) in [5, 5.41) is 0. The Morgan fingerprint density at radius 3 is 1.76 bits per heavy atom. The van der Waals surface area contributed by atoms with Crippen LogP contribution in [-0.4, -0.2) is 41.5 Å². The number of unbranched alkanes of at least 4 members (excludes halogenated alkanes) is 12. The van der Waals surface area contributed by atoms with Crippen LogP contribution < -0.4 is 0 Å². The van der Waals surface area contributed by atoms with Gasteiger partial charge in [0.2, 0.25) is 5.91 Å². The Morgan fingerprint density at radius 1 is 0.897 bits per heavy atom. The number of hydrogen-bond acceptors (Lipinski definition) is 4. The van der Waals surface area contributed by atoms with E-state index in [0.717, 1.165) is 19.3 Å². The van der Waals surface area contributed by atoms with Crippen LogP contribution in [0.15, 0.2) is 0 Å². The van der Waals surface area contributed by atoms with Crippen molar-refractivity contribution < 1.29 is 33.0 Å². The summed E-state index contributed by atoms with van der Waals surface area (Å²) in [5.41, 5.74) is 0. The average Bonchev–Trinajstić information content (AvgIpc) is 2.67. The number of alkyl halides is 1. The third-order valence-corrected chi connectivity index (χ3v) is 6.01. The van der Waals surface area contributed by atoms with Crippen LogP contribution in [0.1, 0.15) is 103 Å². The number of ether oxygens (including phenoxy) is 2. The molecular weight excluding hydrogens is 398 g/mol. The summed E-state index contributed by atoms with van der Waals surface area (Å²) in [7, 11) is -3.51. The summed E-state index contributed by atoms with van der Waals surface area (Å²) >= 11 is 0. The molecule has 0 radical (unpaired) electrons. The van der Waals surface area contributed by atoms with Gasteiger partial charge < -0.3 is 19.3 Å². The Balaban J connectivity index is 3.54. The molecular formula is C21H42FO6P. The van der Waals surface area contributed by atoms with E-state index in [9.17, 15) is 13.8 Å². The first-order chi connectivity index (χ1) is 13.8. The first kappa shape index (κ1) is 28.5. The highest BCUT2D eigenvalue weighted by Gasteiger charge is 2.31. The van der Waals surface area contributed by atoms with E-state index in [1.165, 1.54) is 71.3 Å². The zero-order valence-corrected chi connectivity index (χ0v) is 19.2. The second kappa shape index (κ2) is 18.3. The van der Waals surface area contributed by atoms with Gasteiger partial charge in [-0.3, -0.25) is 9.36 Å². The molecule has 0 aromatic carbocycles. The molecule has 174 valence electrons. The topological polar surface area (TPSA) is 93.1 Å². The van der Waals surface area contributed by atoms with Crippen LogP contribution >= 0.6 is 7.60 Å². The normalized spacial score (nSPS) is 14.0. The van der Waals surface area contributed by atoms with Crippen molar-refractivity contribution in [1.82, 2.24) is 0 Å². The second-order valence-corrected chi connectivity index (χ2v) is 9.53. The summed E-state index contributed by atoms with van der Waals surface area (Å²) in [4.78, 5) is 29.3. The van der Waals surface area contributed by atoms with Crippen molar-refractivity contribution in [3.05, 3.63) is 0 Å². The maximum atomic E-state index is 13.4. The van der Waals surface area contributed by atoms with Gasteiger partial charge in [-0.15, -0.1) is 0 Å². The van der Waals surface area contributed by atoms with E-state index in [0.29, 0.717) is 6.42 Å². The monoisotopic (exact) mass is 440 g/mol. The summed E-state index contributed by atoms with van der Waals surface area (Å²) in [5.74, 6) is -2.70. The van der Waals surface area contributed by atoms with Gasteiger partial charge in [0, 0.05) is 20.0 Å². The van der Waals surface area contributed by atoms with Crippen LogP contribution in [-0.2, 0) is 18.8 Å². The maximum absolute atomic E-state index is 13.4. The van der Waals surface area contributed by atoms with Crippen LogP contribution in [0.5, 0.6) is 0 Å². The molecule has 2 N–H and O–H groups in total. The fourth-order valence-corrected chi connectivity index (χ4v) is 3.64. The van der Waals surface area contributed by atoms with E-state index in [2.05, 4.69) is 6.92 Å². The summed E-state index contributed by atoms with van der Waals surface area (Å²) in [6, 6.07) is 0. The Hall–Kier alpha value is -0.490. The third-order valence-electron chi connectivity index (χ3n) is 5.07. The lowest BCUT2D eigenvalue weighted by Crippen LogP contribution is -2.24. The largest absolute Gasteiger partial charge is 0.463 e. The van der Waals surface area contributed by atoms with Crippen LogP contribution in [0.3, 0.4) is 0 Å². The molecule has 0 aromatic rings. The predicted molar refractivity (Wildman–Crippen MR) is 114 cm³/mol. The van der Waals surface area contributed by atoms with E-state index in [-0.39, 0.29) is 12.6 Å². The molecule has 0 bridgehead atoms. The van der Waals surface area contributed by atoms with Crippen molar-refractivity contribution in [2.75, 3.05) is 13.7 Å². The minimum atomic E-state index is -4.80. The van der Waals surface area contributed by atoms with Crippen LogP contribution in [0.25, 0.3) is 0 Å². The van der Waals surface area contributed by atoms with E-state index >= 15 is 0 Å². The highest BCUT2D eigenvalue weighted by atomic mass is 31.2. The van der Waals surface area contributed by atoms with E-state index in [1.807, 2.05) is 0 Å². The summed E-state index contributed by atoms with van der Waals surface area (Å²) in [6.07, 6.45) is 14.9. The second-order valence-electron chi connectivity index (χ2n) is 7.79. The lowest BCUT2D eigenvalue weighted by molar-refractivity contribution is -0.147. The van der Waals surface area contributed by atoms with Gasteiger partial charge in [-0.05, 0) is 6.42 Å². The van der Waals surface area contributed by atoms with Crippen molar-refractivity contribution >= 4 is 13.6 Å². The minimum absolute atomic E-state index is 0.200. The highest BCUT2D eigenvalue weighted by molar-refractivity contribution is 7.52. The number of carbonyl (C=O) groups excluding carboxylic acids is 1. The fourth-order valence-electron chi connectivity index (χ4n) is 3.13. The van der Waals surface area contributed by atoms with Gasteiger partial charge in [0.05, 0.1) is 6.10 Å². The molecule has 0 saturated carbocycles. The molecule has 0 heterocycles. The van der Waals surface area contributed by atoms with E-state index < -0.39 is 26.0 Å². The lowest BCUT2D eigenvalue weighted by atomic mass is 10.0. The lowest BCUT2D eigenvalue weighted by Gasteiger charge is -2.18. The molecule has 0 saturated heterocycles. The molecule has 1 unspecified atom stereocenters. The molecule has 0 fully saturated rings. The number of rotatable bonds is 20. The van der Waals surface area contributed by atoms with Crippen LogP contribution in [0, 0.1) is 0 Å². The number of hydrogen-bond donors (Lipinski definition) is 2. The van der Waals surface area contributed by atoms with Crippen LogP contribution in [0.2, 0.25) is 0 Å². The minimum Gasteiger partial charge on any atom is -0.463 e. The predicted octanol–water partition coefficient (Wildman–Crippen LogP) is 5.89. The number of esters is 1. The summed E-state index contributed by atoms with van der Waals surface area (Å²) in [6.45, 7) is 2.04. The fraction of sp³-hybridized carbons (Fsp3) is 0.952. The van der Waals surface area contributed by atoms with E-state index in [4.69, 9.17) is 19.3 Å². The Morgan fingerprint density at radius 2 is 1.34 bits per heavy atom. The zero-order chi connectivity index (χ0) is 22.0. The Labute approximate surface area is 176 Å². The number of halogens is 1. The van der Waals surface area contributed by atoms with Gasteiger partial charge in [0.15, 0.2) is 0 Å². The molecule has 0 spiro atoms. The van der Waals surface area contributed by atoms with Crippen LogP contribution in [0.4, 0.5) is 4.39 Å². The van der Waals surface area contributed by atoms with Gasteiger partial charge in [-0.1, -0.05) is 84.0 Å².